The van der Waals surface area contributed by atoms with Gasteiger partial charge < -0.3 is 0 Å². The Morgan fingerprint density at radius 3 is 0.900 bits per heavy atom. The van der Waals surface area contributed by atoms with Gasteiger partial charge in [-0.3, -0.25) is 0 Å². The number of hydrogen-bond acceptors (Lipinski definition) is 0. The highest BCUT2D eigenvalue weighted by Gasteiger charge is 2.55. The molecular formula is C28H58P2. The standard InChI is InChI=1S/C28H58P2/c1-21-17-27(15,19-29(23(3,4)5)24(6,7)8)28(16,18-22(21)2)20-30(25(9,10)11)26(12,13)14/h21-22H,17-20H2,1-16H3. The molecule has 1 rings (SSSR count). The first-order valence-corrected chi connectivity index (χ1v) is 15.5. The molecule has 0 aromatic carbocycles. The molecule has 1 aliphatic carbocycles. The maximum Gasteiger partial charge on any atom is -0.0174 e. The summed E-state index contributed by atoms with van der Waals surface area (Å²) < 4.78 is 0. The third kappa shape index (κ3) is 6.69. The molecule has 0 nitrogen and oxygen atoms in total. The maximum absolute atomic E-state index is 2.71. The van der Waals surface area contributed by atoms with Crippen molar-refractivity contribution in [3.8, 4) is 0 Å². The molecule has 1 saturated carbocycles. The van der Waals surface area contributed by atoms with Crippen molar-refractivity contribution >= 4 is 15.8 Å². The van der Waals surface area contributed by atoms with Gasteiger partial charge in [-0.2, -0.15) is 0 Å². The van der Waals surface area contributed by atoms with Crippen LogP contribution in [0.5, 0.6) is 0 Å². The van der Waals surface area contributed by atoms with E-state index in [1.807, 2.05) is 0 Å². The van der Waals surface area contributed by atoms with Gasteiger partial charge in [0.05, 0.1) is 0 Å². The summed E-state index contributed by atoms with van der Waals surface area (Å²) in [6, 6.07) is 0. The quantitative estimate of drug-likeness (QED) is 0.369. The first kappa shape index (κ1) is 28.9. The first-order valence-electron chi connectivity index (χ1n) is 12.5. The van der Waals surface area contributed by atoms with Gasteiger partial charge in [-0.1, -0.05) is 127 Å². The van der Waals surface area contributed by atoms with E-state index in [-0.39, 0.29) is 15.8 Å². The van der Waals surface area contributed by atoms with E-state index in [1.54, 1.807) is 0 Å². The number of hydrogen-bond donors (Lipinski definition) is 0. The molecule has 1 fully saturated rings. The molecule has 4 atom stereocenters. The lowest BCUT2D eigenvalue weighted by atomic mass is 9.54. The van der Waals surface area contributed by atoms with Gasteiger partial charge in [-0.15, -0.1) is 0 Å². The monoisotopic (exact) mass is 456 g/mol. The minimum atomic E-state index is -0.0800. The average Bonchev–Trinajstić information content (AvgIpc) is 2.44. The van der Waals surface area contributed by atoms with Crippen molar-refractivity contribution in [1.82, 2.24) is 0 Å². The Morgan fingerprint density at radius 1 is 0.533 bits per heavy atom. The normalized spacial score (nSPS) is 32.2. The molecule has 0 spiro atoms. The fourth-order valence-electron chi connectivity index (χ4n) is 6.49. The Morgan fingerprint density at radius 2 is 0.733 bits per heavy atom. The highest BCUT2D eigenvalue weighted by Crippen LogP contribution is 2.71. The second-order valence-corrected chi connectivity index (χ2v) is 23.1. The summed E-state index contributed by atoms with van der Waals surface area (Å²) in [6.07, 6.45) is 5.68. The van der Waals surface area contributed by atoms with E-state index >= 15 is 0 Å². The minimum absolute atomic E-state index is 0.0800. The Labute approximate surface area is 195 Å². The van der Waals surface area contributed by atoms with Crippen molar-refractivity contribution in [2.75, 3.05) is 12.3 Å². The first-order chi connectivity index (χ1) is 12.9. The summed E-state index contributed by atoms with van der Waals surface area (Å²) >= 11 is 0. The fraction of sp³-hybridized carbons (Fsp3) is 1.00. The third-order valence-electron chi connectivity index (χ3n) is 8.23. The van der Waals surface area contributed by atoms with Gasteiger partial charge in [0, 0.05) is 0 Å². The third-order valence-corrected chi connectivity index (χ3v) is 16.7. The molecule has 1 aliphatic rings. The van der Waals surface area contributed by atoms with Crippen LogP contribution in [-0.4, -0.2) is 32.9 Å². The summed E-state index contributed by atoms with van der Waals surface area (Å²) in [4.78, 5) is 0. The van der Waals surface area contributed by atoms with E-state index in [9.17, 15) is 0 Å². The average molecular weight is 457 g/mol. The maximum atomic E-state index is 2.71. The van der Waals surface area contributed by atoms with Crippen molar-refractivity contribution in [3.05, 3.63) is 0 Å². The van der Waals surface area contributed by atoms with E-state index < -0.39 is 0 Å². The fourth-order valence-corrected chi connectivity index (χ4v) is 14.8. The van der Waals surface area contributed by atoms with Gasteiger partial charge in [-0.05, 0) is 68.5 Å². The van der Waals surface area contributed by atoms with E-state index in [1.165, 1.54) is 25.2 Å². The van der Waals surface area contributed by atoms with Gasteiger partial charge in [0.25, 0.3) is 0 Å². The molecule has 0 aliphatic heterocycles. The van der Waals surface area contributed by atoms with Gasteiger partial charge in [0.2, 0.25) is 0 Å². The Balaban J connectivity index is 3.50. The van der Waals surface area contributed by atoms with E-state index in [0.29, 0.717) is 31.5 Å². The van der Waals surface area contributed by atoms with Gasteiger partial charge in [0.1, 0.15) is 0 Å². The molecule has 4 unspecified atom stereocenters. The van der Waals surface area contributed by atoms with Crippen LogP contribution in [0.25, 0.3) is 0 Å². The van der Waals surface area contributed by atoms with Crippen LogP contribution in [0.15, 0.2) is 0 Å². The van der Waals surface area contributed by atoms with Gasteiger partial charge in [-0.25, -0.2) is 0 Å². The summed E-state index contributed by atoms with van der Waals surface area (Å²) in [5, 5.41) is 1.62. The van der Waals surface area contributed by atoms with Crippen LogP contribution in [0.4, 0.5) is 0 Å². The van der Waals surface area contributed by atoms with Crippen LogP contribution in [0.3, 0.4) is 0 Å². The molecule has 0 amide bonds. The summed E-state index contributed by atoms with van der Waals surface area (Å²) in [6.45, 7) is 40.6. The second-order valence-electron chi connectivity index (χ2n) is 15.3. The van der Waals surface area contributed by atoms with E-state index in [0.717, 1.165) is 11.8 Å². The van der Waals surface area contributed by atoms with Crippen LogP contribution >= 0.6 is 15.8 Å². The molecular weight excluding hydrogens is 398 g/mol. The van der Waals surface area contributed by atoms with Crippen LogP contribution in [0.1, 0.15) is 124 Å². The molecule has 0 radical (unpaired) electrons. The van der Waals surface area contributed by atoms with Crippen LogP contribution in [-0.2, 0) is 0 Å². The Hall–Kier alpha value is 0.860. The van der Waals surface area contributed by atoms with Crippen molar-refractivity contribution in [2.45, 2.75) is 144 Å². The van der Waals surface area contributed by atoms with Crippen molar-refractivity contribution in [2.24, 2.45) is 22.7 Å². The molecule has 0 aromatic rings. The predicted octanol–water partition coefficient (Wildman–Crippen LogP) is 10.2. The predicted molar refractivity (Wildman–Crippen MR) is 146 cm³/mol. The second kappa shape index (κ2) is 8.90. The Kier molecular flexibility index (Phi) is 8.57. The SMILES string of the molecule is CC1CC(C)(CP(C(C)(C)C)C(C)(C)C)C(C)(CP(C(C)(C)C)C(C)(C)C)CC1C. The van der Waals surface area contributed by atoms with Crippen molar-refractivity contribution in [1.29, 1.82) is 0 Å². The molecule has 30 heavy (non-hydrogen) atoms. The molecule has 0 N–H and O–H groups in total. The molecule has 0 bridgehead atoms. The Bertz CT molecular complexity index is 485. The molecule has 2 heteroatoms. The lowest BCUT2D eigenvalue weighted by molar-refractivity contribution is -0.00132. The molecule has 0 heterocycles. The smallest absolute Gasteiger partial charge is 0.0174 e. The lowest BCUT2D eigenvalue weighted by Crippen LogP contribution is -2.52. The summed E-state index contributed by atoms with van der Waals surface area (Å²) in [5.41, 5.74) is 0.866. The van der Waals surface area contributed by atoms with Crippen LogP contribution in [0.2, 0.25) is 0 Å². The topological polar surface area (TPSA) is 0 Å². The lowest BCUT2D eigenvalue weighted by Gasteiger charge is -2.60. The van der Waals surface area contributed by atoms with E-state index in [2.05, 4.69) is 111 Å². The summed E-state index contributed by atoms with van der Waals surface area (Å²) in [5.74, 6) is 1.69. The zero-order valence-corrected chi connectivity index (χ0v) is 25.7. The number of rotatable bonds is 4. The summed E-state index contributed by atoms with van der Waals surface area (Å²) in [7, 11) is -0.160. The van der Waals surface area contributed by atoms with Gasteiger partial charge in [0.15, 0.2) is 0 Å². The van der Waals surface area contributed by atoms with Gasteiger partial charge >= 0.3 is 0 Å². The highest BCUT2D eigenvalue weighted by molar-refractivity contribution is 7.61. The molecule has 0 aromatic heterocycles. The largest absolute Gasteiger partial charge is 0.0951 e. The van der Waals surface area contributed by atoms with Crippen LogP contribution in [0, 0.1) is 22.7 Å². The zero-order valence-electron chi connectivity index (χ0n) is 23.9. The van der Waals surface area contributed by atoms with E-state index in [4.69, 9.17) is 0 Å². The zero-order chi connectivity index (χ0) is 24.1. The minimum Gasteiger partial charge on any atom is -0.0951 e. The van der Waals surface area contributed by atoms with Crippen molar-refractivity contribution in [3.63, 3.8) is 0 Å². The van der Waals surface area contributed by atoms with Crippen LogP contribution < -0.4 is 0 Å². The van der Waals surface area contributed by atoms with Crippen molar-refractivity contribution < 1.29 is 0 Å². The molecule has 180 valence electrons. The molecule has 0 saturated heterocycles. The highest BCUT2D eigenvalue weighted by atomic mass is 31.1.